The van der Waals surface area contributed by atoms with Gasteiger partial charge in [0.1, 0.15) is 6.04 Å². The van der Waals surface area contributed by atoms with Crippen LogP contribution < -0.4 is 5.32 Å². The van der Waals surface area contributed by atoms with Gasteiger partial charge in [-0.15, -0.1) is 0 Å². The molecule has 0 aliphatic heterocycles. The van der Waals surface area contributed by atoms with Crippen LogP contribution in [0.5, 0.6) is 0 Å². The molecular weight excluding hydrogens is 303 g/mol. The average Bonchev–Trinajstić information content (AvgIpc) is 2.41. The summed E-state index contributed by atoms with van der Waals surface area (Å²) in [6.07, 6.45) is 0. The van der Waals surface area contributed by atoms with Crippen LogP contribution in [0.15, 0.2) is 23.3 Å². The molecule has 0 radical (unpaired) electrons. The monoisotopic (exact) mass is 316 g/mol. The molecule has 0 spiro atoms. The van der Waals surface area contributed by atoms with Crippen molar-refractivity contribution in [2.24, 2.45) is 5.11 Å². The van der Waals surface area contributed by atoms with Crippen LogP contribution >= 0.6 is 23.2 Å². The van der Waals surface area contributed by atoms with Crippen molar-refractivity contribution in [2.75, 3.05) is 19.7 Å². The number of rotatable bonds is 7. The van der Waals surface area contributed by atoms with Crippen LogP contribution in [-0.2, 0) is 9.53 Å². The Morgan fingerprint density at radius 2 is 2.15 bits per heavy atom. The first-order valence-corrected chi connectivity index (χ1v) is 6.72. The fourth-order valence-corrected chi connectivity index (χ4v) is 2.23. The number of hydrogen-bond acceptors (Lipinski definition) is 4. The van der Waals surface area contributed by atoms with E-state index in [2.05, 4.69) is 15.3 Å². The largest absolute Gasteiger partial charge is 0.465 e. The van der Waals surface area contributed by atoms with Crippen LogP contribution in [-0.4, -0.2) is 25.7 Å². The summed E-state index contributed by atoms with van der Waals surface area (Å²) in [5, 5.41) is 7.05. The number of nitrogens with one attached hydrogen (secondary N) is 1. The normalized spacial score (nSPS) is 11.6. The van der Waals surface area contributed by atoms with Crippen LogP contribution in [0.25, 0.3) is 10.4 Å². The zero-order valence-electron chi connectivity index (χ0n) is 10.8. The van der Waals surface area contributed by atoms with E-state index in [1.54, 1.807) is 25.1 Å². The van der Waals surface area contributed by atoms with Crippen LogP contribution in [0.2, 0.25) is 10.0 Å². The second-order valence-corrected chi connectivity index (χ2v) is 4.54. The molecule has 0 saturated heterocycles. The van der Waals surface area contributed by atoms with Crippen molar-refractivity contribution in [1.29, 1.82) is 0 Å². The first kappa shape index (κ1) is 16.6. The molecule has 6 nitrogen and oxygen atoms in total. The highest BCUT2D eigenvalue weighted by Crippen LogP contribution is 2.30. The van der Waals surface area contributed by atoms with Crippen LogP contribution in [0, 0.1) is 0 Å². The lowest BCUT2D eigenvalue weighted by molar-refractivity contribution is -0.145. The second-order valence-electron chi connectivity index (χ2n) is 3.73. The number of carbonyl (C=O) groups excluding carboxylic acids is 1. The summed E-state index contributed by atoms with van der Waals surface area (Å²) in [6.45, 7) is 2.46. The summed E-state index contributed by atoms with van der Waals surface area (Å²) in [7, 11) is 0. The van der Waals surface area contributed by atoms with Crippen molar-refractivity contribution < 1.29 is 9.53 Å². The Balaban J connectivity index is 2.97. The van der Waals surface area contributed by atoms with Crippen molar-refractivity contribution in [3.05, 3.63) is 44.3 Å². The van der Waals surface area contributed by atoms with E-state index in [9.17, 15) is 4.79 Å². The van der Waals surface area contributed by atoms with Gasteiger partial charge in [0.05, 0.1) is 6.61 Å². The standard InChI is InChI=1S/C12H14Cl2N4O2/c1-2-20-12(19)11(16-6-7-17-18-15)10-8(13)4-3-5-9(10)14/h3-5,11,16H,2,6-7H2,1H3. The minimum atomic E-state index is -0.801. The molecule has 0 bridgehead atoms. The quantitative estimate of drug-likeness (QED) is 0.274. The molecule has 1 atom stereocenters. The van der Waals surface area contributed by atoms with Gasteiger partial charge in [0, 0.05) is 33.6 Å². The number of hydrogen-bond donors (Lipinski definition) is 1. The second kappa shape index (κ2) is 8.66. The number of halogens is 2. The Kier molecular flexibility index (Phi) is 7.18. The first-order chi connectivity index (χ1) is 9.61. The number of nitrogens with zero attached hydrogens (tertiary/aromatic N) is 3. The van der Waals surface area contributed by atoms with E-state index in [0.717, 1.165) is 0 Å². The van der Waals surface area contributed by atoms with Gasteiger partial charge in [-0.25, -0.2) is 4.79 Å². The molecule has 0 aliphatic rings. The van der Waals surface area contributed by atoms with Gasteiger partial charge in [-0.3, -0.25) is 0 Å². The zero-order valence-corrected chi connectivity index (χ0v) is 12.4. The number of esters is 1. The predicted octanol–water partition coefficient (Wildman–Crippen LogP) is 3.50. The van der Waals surface area contributed by atoms with Gasteiger partial charge in [-0.05, 0) is 24.6 Å². The molecule has 0 fully saturated rings. The Morgan fingerprint density at radius 3 is 2.70 bits per heavy atom. The van der Waals surface area contributed by atoms with E-state index in [4.69, 9.17) is 33.5 Å². The van der Waals surface area contributed by atoms with Gasteiger partial charge in [0.25, 0.3) is 0 Å². The Bertz CT molecular complexity index is 498. The zero-order chi connectivity index (χ0) is 15.0. The van der Waals surface area contributed by atoms with E-state index in [1.807, 2.05) is 0 Å². The highest BCUT2D eigenvalue weighted by atomic mass is 35.5. The number of benzene rings is 1. The van der Waals surface area contributed by atoms with Crippen molar-refractivity contribution in [3.63, 3.8) is 0 Å². The maximum absolute atomic E-state index is 12.0. The van der Waals surface area contributed by atoms with Gasteiger partial charge >= 0.3 is 5.97 Å². The molecule has 1 aromatic rings. The number of carbonyl (C=O) groups is 1. The fraction of sp³-hybridized carbons (Fsp3) is 0.417. The Morgan fingerprint density at radius 1 is 1.50 bits per heavy atom. The minimum absolute atomic E-state index is 0.203. The molecule has 1 unspecified atom stereocenters. The van der Waals surface area contributed by atoms with E-state index in [0.29, 0.717) is 22.2 Å². The van der Waals surface area contributed by atoms with E-state index < -0.39 is 12.0 Å². The van der Waals surface area contributed by atoms with Gasteiger partial charge in [0.15, 0.2) is 0 Å². The third-order valence-electron chi connectivity index (χ3n) is 2.43. The smallest absolute Gasteiger partial charge is 0.327 e. The topological polar surface area (TPSA) is 87.1 Å². The van der Waals surface area contributed by atoms with Gasteiger partial charge < -0.3 is 10.1 Å². The maximum atomic E-state index is 12.0. The minimum Gasteiger partial charge on any atom is -0.465 e. The van der Waals surface area contributed by atoms with Gasteiger partial charge in [-0.1, -0.05) is 34.4 Å². The molecule has 20 heavy (non-hydrogen) atoms. The van der Waals surface area contributed by atoms with Crippen molar-refractivity contribution in [1.82, 2.24) is 5.32 Å². The Hall–Kier alpha value is -1.46. The third-order valence-corrected chi connectivity index (χ3v) is 3.09. The molecule has 0 heterocycles. The maximum Gasteiger partial charge on any atom is 0.327 e. The summed E-state index contributed by atoms with van der Waals surface area (Å²) in [5.41, 5.74) is 8.68. The van der Waals surface area contributed by atoms with E-state index in [1.165, 1.54) is 0 Å². The van der Waals surface area contributed by atoms with E-state index >= 15 is 0 Å². The molecule has 0 saturated carbocycles. The lowest BCUT2D eigenvalue weighted by atomic mass is 10.1. The summed E-state index contributed by atoms with van der Waals surface area (Å²) in [6, 6.07) is 4.18. The molecule has 0 aliphatic carbocycles. The van der Waals surface area contributed by atoms with Crippen LogP contribution in [0.3, 0.4) is 0 Å². The fourth-order valence-electron chi connectivity index (χ4n) is 1.62. The Labute approximate surface area is 126 Å². The van der Waals surface area contributed by atoms with Crippen LogP contribution in [0.4, 0.5) is 0 Å². The highest BCUT2D eigenvalue weighted by Gasteiger charge is 2.25. The van der Waals surface area contributed by atoms with Crippen molar-refractivity contribution >= 4 is 29.2 Å². The number of azide groups is 1. The van der Waals surface area contributed by atoms with E-state index in [-0.39, 0.29) is 13.2 Å². The highest BCUT2D eigenvalue weighted by molar-refractivity contribution is 6.36. The summed E-state index contributed by atoms with van der Waals surface area (Å²) >= 11 is 12.2. The molecule has 8 heteroatoms. The lowest BCUT2D eigenvalue weighted by Gasteiger charge is -2.19. The molecule has 0 aromatic heterocycles. The molecule has 0 amide bonds. The molecule has 1 aromatic carbocycles. The summed E-state index contributed by atoms with van der Waals surface area (Å²) in [5.74, 6) is -0.483. The van der Waals surface area contributed by atoms with Crippen LogP contribution in [0.1, 0.15) is 18.5 Å². The summed E-state index contributed by atoms with van der Waals surface area (Å²) < 4.78 is 5.00. The predicted molar refractivity (Wildman–Crippen MR) is 77.9 cm³/mol. The molecule has 1 rings (SSSR count). The average molecular weight is 317 g/mol. The summed E-state index contributed by atoms with van der Waals surface area (Å²) in [4.78, 5) is 14.6. The number of ether oxygens (including phenoxy) is 1. The first-order valence-electron chi connectivity index (χ1n) is 5.96. The lowest BCUT2D eigenvalue weighted by Crippen LogP contribution is -2.32. The van der Waals surface area contributed by atoms with Gasteiger partial charge in [0.2, 0.25) is 0 Å². The molecule has 1 N–H and O–H groups in total. The third kappa shape index (κ3) is 4.58. The van der Waals surface area contributed by atoms with Gasteiger partial charge in [-0.2, -0.15) is 0 Å². The van der Waals surface area contributed by atoms with Crippen molar-refractivity contribution in [3.8, 4) is 0 Å². The molecule has 108 valence electrons. The molecular formula is C12H14Cl2N4O2. The van der Waals surface area contributed by atoms with Crippen molar-refractivity contribution in [2.45, 2.75) is 13.0 Å². The SMILES string of the molecule is CCOC(=O)C(NCCN=[N+]=[N-])c1c(Cl)cccc1Cl.